The summed E-state index contributed by atoms with van der Waals surface area (Å²) in [5, 5.41) is 14.1. The predicted octanol–water partition coefficient (Wildman–Crippen LogP) is 2.11. The maximum atomic E-state index is 12.4. The average Bonchev–Trinajstić information content (AvgIpc) is 3.31. The van der Waals surface area contributed by atoms with Crippen LogP contribution >= 0.6 is 34.4 Å². The van der Waals surface area contributed by atoms with Crippen molar-refractivity contribution in [2.45, 2.75) is 30.6 Å². The number of piperazine rings is 1. The number of nitrogens with zero attached hydrogens (tertiary/aromatic N) is 4. The number of aromatic nitrogens is 2. The first-order valence-electron chi connectivity index (χ1n) is 8.82. The molecular weight excluding hydrogens is 402 g/mol. The number of amides is 2. The molecule has 1 N–H and O–H groups in total. The molecule has 146 valence electrons. The molecule has 0 radical (unpaired) electrons. The van der Waals surface area contributed by atoms with E-state index < -0.39 is 0 Å². The van der Waals surface area contributed by atoms with E-state index in [0.717, 1.165) is 27.4 Å². The summed E-state index contributed by atoms with van der Waals surface area (Å²) in [5.41, 5.74) is 0. The van der Waals surface area contributed by atoms with Gasteiger partial charge in [-0.05, 0) is 25.3 Å². The summed E-state index contributed by atoms with van der Waals surface area (Å²) in [5.74, 6) is 0.532. The zero-order chi connectivity index (χ0) is 19.2. The number of thioether (sulfide) groups is 1. The summed E-state index contributed by atoms with van der Waals surface area (Å²) in [6.45, 7) is 6.78. The molecule has 7 nitrogen and oxygen atoms in total. The van der Waals surface area contributed by atoms with Gasteiger partial charge in [0.15, 0.2) is 4.34 Å². The molecule has 1 fully saturated rings. The number of carbonyl (C=O) groups excluding carboxylic acids is 2. The number of thiophene rings is 1. The third-order valence-electron chi connectivity index (χ3n) is 3.98. The molecule has 0 bridgehead atoms. The molecule has 1 aliphatic heterocycles. The number of hydrogen-bond donors (Lipinski definition) is 1. The van der Waals surface area contributed by atoms with Crippen LogP contribution in [-0.2, 0) is 16.0 Å². The second-order valence-electron chi connectivity index (χ2n) is 6.49. The Kier molecular flexibility index (Phi) is 7.08. The zero-order valence-corrected chi connectivity index (χ0v) is 17.8. The fraction of sp³-hybridized carbons (Fsp3) is 0.529. The van der Waals surface area contributed by atoms with Crippen molar-refractivity contribution in [3.8, 4) is 0 Å². The molecule has 2 aromatic heterocycles. The molecule has 2 aromatic rings. The van der Waals surface area contributed by atoms with Crippen LogP contribution in [0.5, 0.6) is 0 Å². The standard InChI is InChI=1S/C17H23N5O2S3/c1-12(2)18-14(23)11-26-17-20-19-16(27-17)22-7-5-21(6-8-22)15(24)10-13-4-3-9-25-13/h3-4,9,12H,5-8,10-11H2,1-2H3,(H,18,23). The van der Waals surface area contributed by atoms with E-state index in [1.807, 2.05) is 36.3 Å². The maximum Gasteiger partial charge on any atom is 0.230 e. The Balaban J connectivity index is 1.45. The SMILES string of the molecule is CC(C)NC(=O)CSc1nnc(N2CCN(C(=O)Cc3cccs3)CC2)s1. The van der Waals surface area contributed by atoms with Crippen molar-refractivity contribution in [2.75, 3.05) is 36.8 Å². The van der Waals surface area contributed by atoms with E-state index in [4.69, 9.17) is 0 Å². The molecule has 0 aromatic carbocycles. The topological polar surface area (TPSA) is 78.4 Å². The molecule has 3 rings (SSSR count). The Labute approximate surface area is 171 Å². The van der Waals surface area contributed by atoms with Crippen LogP contribution in [0.2, 0.25) is 0 Å². The molecule has 0 saturated carbocycles. The first kappa shape index (κ1) is 20.1. The Hall–Kier alpha value is -1.65. The number of anilines is 1. The molecule has 3 heterocycles. The highest BCUT2D eigenvalue weighted by Gasteiger charge is 2.23. The molecule has 1 saturated heterocycles. The monoisotopic (exact) mass is 425 g/mol. The average molecular weight is 426 g/mol. The van der Waals surface area contributed by atoms with Crippen LogP contribution in [0.25, 0.3) is 0 Å². The minimum atomic E-state index is 0.00428. The minimum Gasteiger partial charge on any atom is -0.353 e. The second kappa shape index (κ2) is 9.52. The van der Waals surface area contributed by atoms with E-state index in [-0.39, 0.29) is 17.9 Å². The largest absolute Gasteiger partial charge is 0.353 e. The highest BCUT2D eigenvalue weighted by molar-refractivity contribution is 8.01. The van der Waals surface area contributed by atoms with Crippen LogP contribution in [0.4, 0.5) is 5.13 Å². The first-order valence-corrected chi connectivity index (χ1v) is 11.5. The molecule has 27 heavy (non-hydrogen) atoms. The van der Waals surface area contributed by atoms with Crippen molar-refractivity contribution < 1.29 is 9.59 Å². The molecule has 1 aliphatic rings. The van der Waals surface area contributed by atoms with Gasteiger partial charge in [-0.2, -0.15) is 0 Å². The third-order valence-corrected chi connectivity index (χ3v) is 6.97. The molecule has 2 amide bonds. The van der Waals surface area contributed by atoms with Crippen LogP contribution in [0.15, 0.2) is 21.9 Å². The number of hydrogen-bond acceptors (Lipinski definition) is 8. The molecular formula is C17H23N5O2S3. The van der Waals surface area contributed by atoms with E-state index in [1.165, 1.54) is 23.1 Å². The molecule has 0 atom stereocenters. The number of rotatable bonds is 7. The highest BCUT2D eigenvalue weighted by Crippen LogP contribution is 2.28. The summed E-state index contributed by atoms with van der Waals surface area (Å²) >= 11 is 4.52. The van der Waals surface area contributed by atoms with E-state index in [2.05, 4.69) is 20.4 Å². The van der Waals surface area contributed by atoms with Crippen LogP contribution in [-0.4, -0.2) is 64.9 Å². The van der Waals surface area contributed by atoms with Gasteiger partial charge < -0.3 is 15.1 Å². The molecule has 0 unspecified atom stereocenters. The summed E-state index contributed by atoms with van der Waals surface area (Å²) in [6, 6.07) is 4.12. The Morgan fingerprint density at radius 1 is 1.26 bits per heavy atom. The molecule has 0 spiro atoms. The van der Waals surface area contributed by atoms with Crippen molar-refractivity contribution >= 4 is 51.4 Å². The summed E-state index contributed by atoms with van der Waals surface area (Å²) in [6.07, 6.45) is 0.482. The Morgan fingerprint density at radius 2 is 2.04 bits per heavy atom. The fourth-order valence-electron chi connectivity index (χ4n) is 2.70. The van der Waals surface area contributed by atoms with Gasteiger partial charge in [-0.25, -0.2) is 0 Å². The quantitative estimate of drug-likeness (QED) is 0.685. The lowest BCUT2D eigenvalue weighted by Crippen LogP contribution is -2.49. The van der Waals surface area contributed by atoms with Crippen molar-refractivity contribution in [1.29, 1.82) is 0 Å². The van der Waals surface area contributed by atoms with Gasteiger partial charge in [0, 0.05) is 37.1 Å². The normalized spacial score (nSPS) is 14.6. The van der Waals surface area contributed by atoms with Gasteiger partial charge in [-0.3, -0.25) is 9.59 Å². The minimum absolute atomic E-state index is 0.00428. The second-order valence-corrected chi connectivity index (χ2v) is 9.70. The third kappa shape index (κ3) is 5.91. The summed E-state index contributed by atoms with van der Waals surface area (Å²) < 4.78 is 0.792. The smallest absolute Gasteiger partial charge is 0.230 e. The van der Waals surface area contributed by atoms with Gasteiger partial charge in [0.25, 0.3) is 0 Å². The van der Waals surface area contributed by atoms with Crippen LogP contribution in [0.1, 0.15) is 18.7 Å². The lowest BCUT2D eigenvalue weighted by molar-refractivity contribution is -0.130. The van der Waals surface area contributed by atoms with E-state index in [9.17, 15) is 9.59 Å². The van der Waals surface area contributed by atoms with Crippen molar-refractivity contribution in [3.63, 3.8) is 0 Å². The maximum absolute atomic E-state index is 12.4. The lowest BCUT2D eigenvalue weighted by atomic mass is 10.2. The van der Waals surface area contributed by atoms with Gasteiger partial charge >= 0.3 is 0 Å². The number of carbonyl (C=O) groups is 2. The summed E-state index contributed by atoms with van der Waals surface area (Å²) in [7, 11) is 0. The van der Waals surface area contributed by atoms with Gasteiger partial charge in [0.2, 0.25) is 16.9 Å². The number of nitrogens with one attached hydrogen (secondary N) is 1. The molecule has 0 aliphatic carbocycles. The van der Waals surface area contributed by atoms with E-state index >= 15 is 0 Å². The van der Waals surface area contributed by atoms with Crippen molar-refractivity contribution in [1.82, 2.24) is 20.4 Å². The van der Waals surface area contributed by atoms with Crippen molar-refractivity contribution in [2.24, 2.45) is 0 Å². The summed E-state index contributed by atoms with van der Waals surface area (Å²) in [4.78, 5) is 29.3. The fourth-order valence-corrected chi connectivity index (χ4v) is 5.10. The Bertz CT molecular complexity index is 754. The van der Waals surface area contributed by atoms with Crippen LogP contribution in [0, 0.1) is 0 Å². The van der Waals surface area contributed by atoms with E-state index in [1.54, 1.807) is 11.3 Å². The van der Waals surface area contributed by atoms with Gasteiger partial charge in [0.05, 0.1) is 12.2 Å². The van der Waals surface area contributed by atoms with E-state index in [0.29, 0.717) is 25.3 Å². The predicted molar refractivity (Wildman–Crippen MR) is 111 cm³/mol. The van der Waals surface area contributed by atoms with Gasteiger partial charge in [-0.1, -0.05) is 29.2 Å². The van der Waals surface area contributed by atoms with Crippen LogP contribution < -0.4 is 10.2 Å². The zero-order valence-electron chi connectivity index (χ0n) is 15.4. The first-order chi connectivity index (χ1) is 13.0. The van der Waals surface area contributed by atoms with Crippen molar-refractivity contribution in [3.05, 3.63) is 22.4 Å². The molecule has 10 heteroatoms. The lowest BCUT2D eigenvalue weighted by Gasteiger charge is -2.34. The highest BCUT2D eigenvalue weighted by atomic mass is 32.2. The van der Waals surface area contributed by atoms with Gasteiger partial charge in [0.1, 0.15) is 0 Å². The van der Waals surface area contributed by atoms with Gasteiger partial charge in [-0.15, -0.1) is 21.5 Å². The Morgan fingerprint density at radius 3 is 2.70 bits per heavy atom. The van der Waals surface area contributed by atoms with Crippen LogP contribution in [0.3, 0.4) is 0 Å².